The van der Waals surface area contributed by atoms with Crippen LogP contribution in [0.25, 0.3) is 0 Å². The van der Waals surface area contributed by atoms with Gasteiger partial charge in [0.1, 0.15) is 5.69 Å². The van der Waals surface area contributed by atoms with Crippen molar-refractivity contribution in [3.8, 4) is 5.88 Å². The van der Waals surface area contributed by atoms with Crippen LogP contribution in [0.4, 0.5) is 33.6 Å². The summed E-state index contributed by atoms with van der Waals surface area (Å²) in [4.78, 5) is 16.4. The summed E-state index contributed by atoms with van der Waals surface area (Å²) in [6, 6.07) is 0. The molecule has 0 unspecified atom stereocenters. The minimum Gasteiger partial charge on any atom is -0.466 e. The van der Waals surface area contributed by atoms with Gasteiger partial charge in [-0.1, -0.05) is 0 Å². The molecule has 21 heavy (non-hydrogen) atoms. The van der Waals surface area contributed by atoms with E-state index in [1.165, 1.54) is 0 Å². The maximum atomic E-state index is 12.7. The SMILES string of the molecule is Cc1nc(NN)nc(OCC(F)(F)C(F)(F)F)c1[N+](=O)[O-]. The second-order valence-corrected chi connectivity index (χ2v) is 3.68. The predicted molar refractivity (Wildman–Crippen MR) is 57.7 cm³/mol. The van der Waals surface area contributed by atoms with E-state index in [2.05, 4.69) is 14.7 Å². The molecular formula is C8H8F5N5O3. The van der Waals surface area contributed by atoms with Crippen LogP contribution in [-0.2, 0) is 0 Å². The summed E-state index contributed by atoms with van der Waals surface area (Å²) in [6.45, 7) is -1.06. The lowest BCUT2D eigenvalue weighted by Crippen LogP contribution is -2.42. The van der Waals surface area contributed by atoms with Crippen molar-refractivity contribution in [2.45, 2.75) is 19.0 Å². The Balaban J connectivity index is 3.13. The van der Waals surface area contributed by atoms with Crippen molar-refractivity contribution in [1.29, 1.82) is 0 Å². The number of nitrogens with two attached hydrogens (primary N) is 1. The van der Waals surface area contributed by atoms with Gasteiger partial charge in [-0.2, -0.15) is 26.9 Å². The predicted octanol–water partition coefficient (Wildman–Crippen LogP) is 1.56. The van der Waals surface area contributed by atoms with E-state index in [9.17, 15) is 32.1 Å². The number of halogens is 5. The zero-order valence-electron chi connectivity index (χ0n) is 10.2. The van der Waals surface area contributed by atoms with E-state index in [-0.39, 0.29) is 5.69 Å². The molecule has 0 fully saturated rings. The number of hydrogen-bond acceptors (Lipinski definition) is 7. The number of hydrogen-bond donors (Lipinski definition) is 2. The highest BCUT2D eigenvalue weighted by molar-refractivity contribution is 5.48. The van der Waals surface area contributed by atoms with Crippen LogP contribution in [0, 0.1) is 17.0 Å². The van der Waals surface area contributed by atoms with Crippen molar-refractivity contribution >= 4 is 11.6 Å². The Kier molecular flexibility index (Phi) is 4.46. The van der Waals surface area contributed by atoms with E-state index in [0.717, 1.165) is 6.92 Å². The van der Waals surface area contributed by atoms with Crippen molar-refractivity contribution in [3.05, 3.63) is 15.8 Å². The van der Waals surface area contributed by atoms with Crippen molar-refractivity contribution in [3.63, 3.8) is 0 Å². The normalized spacial score (nSPS) is 12.1. The Hall–Kier alpha value is -2.31. The third-order valence-electron chi connectivity index (χ3n) is 2.14. The average molecular weight is 317 g/mol. The third-order valence-corrected chi connectivity index (χ3v) is 2.14. The van der Waals surface area contributed by atoms with Gasteiger partial charge in [-0.25, -0.2) is 10.8 Å². The lowest BCUT2D eigenvalue weighted by molar-refractivity contribution is -0.387. The quantitative estimate of drug-likeness (QED) is 0.366. The highest BCUT2D eigenvalue weighted by Crippen LogP contribution is 2.37. The zero-order valence-corrected chi connectivity index (χ0v) is 10.2. The number of aryl methyl sites for hydroxylation is 1. The van der Waals surface area contributed by atoms with Crippen molar-refractivity contribution in [2.24, 2.45) is 5.84 Å². The molecule has 0 radical (unpaired) electrons. The lowest BCUT2D eigenvalue weighted by atomic mass is 10.3. The molecule has 1 heterocycles. The summed E-state index contributed by atoms with van der Waals surface area (Å²) in [5.74, 6) is -1.75. The molecule has 0 amide bonds. The second kappa shape index (κ2) is 5.59. The van der Waals surface area contributed by atoms with Crippen molar-refractivity contribution in [2.75, 3.05) is 12.0 Å². The number of nitro groups is 1. The Labute approximate surface area is 113 Å². The molecule has 0 aliphatic rings. The largest absolute Gasteiger partial charge is 0.466 e. The smallest absolute Gasteiger partial charge is 0.456 e. The van der Waals surface area contributed by atoms with Crippen LogP contribution in [0.15, 0.2) is 0 Å². The van der Waals surface area contributed by atoms with Gasteiger partial charge in [0, 0.05) is 0 Å². The van der Waals surface area contributed by atoms with Gasteiger partial charge in [0.05, 0.1) is 4.92 Å². The van der Waals surface area contributed by atoms with Crippen LogP contribution in [0.1, 0.15) is 5.69 Å². The number of alkyl halides is 5. The monoisotopic (exact) mass is 317 g/mol. The molecule has 8 nitrogen and oxygen atoms in total. The summed E-state index contributed by atoms with van der Waals surface area (Å²) in [7, 11) is 0. The number of aromatic nitrogens is 2. The highest BCUT2D eigenvalue weighted by atomic mass is 19.4. The van der Waals surface area contributed by atoms with Crippen LogP contribution in [0.5, 0.6) is 5.88 Å². The van der Waals surface area contributed by atoms with Crippen LogP contribution in [0.3, 0.4) is 0 Å². The standard InChI is InChI=1S/C8H8F5N5O3/c1-3-4(18(19)20)5(16-6(15-3)17-14)21-2-7(9,10)8(11,12)13/h2,14H2,1H3,(H,15,16,17). The molecule has 1 aromatic heterocycles. The number of anilines is 1. The molecule has 0 atom stereocenters. The molecule has 0 saturated carbocycles. The molecule has 1 aromatic rings. The Morgan fingerprint density at radius 3 is 2.33 bits per heavy atom. The van der Waals surface area contributed by atoms with Crippen molar-refractivity contribution < 1.29 is 31.6 Å². The Morgan fingerprint density at radius 2 is 1.90 bits per heavy atom. The van der Waals surface area contributed by atoms with Crippen molar-refractivity contribution in [1.82, 2.24) is 9.97 Å². The number of ether oxygens (including phenoxy) is 1. The van der Waals surface area contributed by atoms with Crippen LogP contribution in [0.2, 0.25) is 0 Å². The summed E-state index contributed by atoms with van der Waals surface area (Å²) in [6.07, 6.45) is -5.86. The number of nitrogens with one attached hydrogen (secondary N) is 1. The molecule has 3 N–H and O–H groups in total. The molecule has 118 valence electrons. The molecule has 0 aliphatic heterocycles. The number of nitrogen functional groups attached to an aromatic ring is 1. The van der Waals surface area contributed by atoms with Gasteiger partial charge in [-0.3, -0.25) is 15.5 Å². The fraction of sp³-hybridized carbons (Fsp3) is 0.500. The van der Waals surface area contributed by atoms with Crippen LogP contribution in [-0.4, -0.2) is 33.6 Å². The van der Waals surface area contributed by atoms with E-state index in [4.69, 9.17) is 5.84 Å². The number of nitrogens with zero attached hydrogens (tertiary/aromatic N) is 3. The van der Waals surface area contributed by atoms with E-state index < -0.39 is 41.1 Å². The van der Waals surface area contributed by atoms with Gasteiger partial charge >= 0.3 is 17.8 Å². The number of hydrazine groups is 1. The Morgan fingerprint density at radius 1 is 1.33 bits per heavy atom. The van der Waals surface area contributed by atoms with Crippen LogP contribution < -0.4 is 16.0 Å². The molecule has 1 rings (SSSR count). The van der Waals surface area contributed by atoms with E-state index in [1.54, 1.807) is 0 Å². The first-order valence-electron chi connectivity index (χ1n) is 5.06. The fourth-order valence-corrected chi connectivity index (χ4v) is 1.16. The minimum absolute atomic E-state index is 0.326. The minimum atomic E-state index is -5.86. The molecule has 0 saturated heterocycles. The first-order valence-corrected chi connectivity index (χ1v) is 5.06. The van der Waals surface area contributed by atoms with E-state index >= 15 is 0 Å². The summed E-state index contributed by atoms with van der Waals surface area (Å²) >= 11 is 0. The lowest BCUT2D eigenvalue weighted by Gasteiger charge is -2.19. The van der Waals surface area contributed by atoms with E-state index in [1.807, 2.05) is 5.43 Å². The molecule has 13 heteroatoms. The highest BCUT2D eigenvalue weighted by Gasteiger charge is 2.58. The van der Waals surface area contributed by atoms with Crippen LogP contribution >= 0.6 is 0 Å². The van der Waals surface area contributed by atoms with Gasteiger partial charge < -0.3 is 4.74 Å². The molecule has 0 aliphatic carbocycles. The molecule has 0 spiro atoms. The molecule has 0 aromatic carbocycles. The average Bonchev–Trinajstić information content (AvgIpc) is 2.33. The summed E-state index contributed by atoms with van der Waals surface area (Å²) in [5.41, 5.74) is 0.604. The van der Waals surface area contributed by atoms with Gasteiger partial charge in [-0.05, 0) is 6.92 Å². The first kappa shape index (κ1) is 16.7. The second-order valence-electron chi connectivity index (χ2n) is 3.68. The van der Waals surface area contributed by atoms with Gasteiger partial charge in [0.2, 0.25) is 5.95 Å². The summed E-state index contributed by atoms with van der Waals surface area (Å²) in [5, 5.41) is 10.7. The summed E-state index contributed by atoms with van der Waals surface area (Å²) < 4.78 is 65.6. The van der Waals surface area contributed by atoms with E-state index in [0.29, 0.717) is 0 Å². The fourth-order valence-electron chi connectivity index (χ4n) is 1.16. The maximum Gasteiger partial charge on any atom is 0.456 e. The first-order chi connectivity index (χ1) is 9.49. The zero-order chi connectivity index (χ0) is 16.4. The number of rotatable bonds is 5. The third kappa shape index (κ3) is 3.62. The molecule has 0 bridgehead atoms. The molecular weight excluding hydrogens is 309 g/mol. The van der Waals surface area contributed by atoms with Gasteiger partial charge in [-0.15, -0.1) is 0 Å². The maximum absolute atomic E-state index is 12.7. The van der Waals surface area contributed by atoms with Gasteiger partial charge in [0.25, 0.3) is 5.88 Å². The van der Waals surface area contributed by atoms with Gasteiger partial charge in [0.15, 0.2) is 6.61 Å². The topological polar surface area (TPSA) is 116 Å². The Bertz CT molecular complexity index is 550.